The highest BCUT2D eigenvalue weighted by molar-refractivity contribution is 5.84. The van der Waals surface area contributed by atoms with Crippen molar-refractivity contribution in [3.05, 3.63) is 60.4 Å². The Morgan fingerprint density at radius 2 is 1.82 bits per heavy atom. The minimum atomic E-state index is -1.31. The van der Waals surface area contributed by atoms with Crippen LogP contribution in [0.4, 0.5) is 11.8 Å². The number of nitrogens with zero attached hydrogens (tertiary/aromatic N) is 4. The van der Waals surface area contributed by atoms with Crippen LogP contribution in [0.25, 0.3) is 22.3 Å². The fourth-order valence-corrected chi connectivity index (χ4v) is 4.07. The summed E-state index contributed by atoms with van der Waals surface area (Å²) >= 11 is 0. The summed E-state index contributed by atoms with van der Waals surface area (Å²) in [4.78, 5) is 12.7. The van der Waals surface area contributed by atoms with Gasteiger partial charge in [0.05, 0.1) is 6.61 Å². The molecule has 0 bridgehead atoms. The third kappa shape index (κ3) is 3.90. The number of anilines is 2. The Bertz CT molecular complexity index is 1310. The second-order valence-electron chi connectivity index (χ2n) is 8.07. The Morgan fingerprint density at radius 1 is 1.03 bits per heavy atom. The number of phenolic OH excluding ortho intramolecular Hbond substituents is 1. The van der Waals surface area contributed by atoms with Crippen molar-refractivity contribution in [3.63, 3.8) is 0 Å². The summed E-state index contributed by atoms with van der Waals surface area (Å²) in [6.45, 7) is -0.0709. The molecule has 2 aromatic carbocycles. The molecule has 1 saturated heterocycles. The number of hydrogen-bond acceptors (Lipinski definition) is 10. The quantitative estimate of drug-likeness (QED) is 0.242. The molecule has 11 heteroatoms. The number of rotatable bonds is 6. The van der Waals surface area contributed by atoms with Gasteiger partial charge in [-0.05, 0) is 28.8 Å². The fraction of sp³-hybridized carbons (Fsp3) is 0.261. The van der Waals surface area contributed by atoms with Crippen molar-refractivity contribution in [2.75, 3.05) is 17.7 Å². The number of fused-ring (bicyclic) bond motifs is 1. The van der Waals surface area contributed by atoms with Crippen molar-refractivity contribution in [1.29, 1.82) is 0 Å². The second kappa shape index (κ2) is 8.88. The fourth-order valence-electron chi connectivity index (χ4n) is 4.07. The van der Waals surface area contributed by atoms with Gasteiger partial charge in [0.15, 0.2) is 23.2 Å². The molecule has 0 radical (unpaired) electrons. The first-order valence-electron chi connectivity index (χ1n) is 10.7. The van der Waals surface area contributed by atoms with Crippen LogP contribution in [0.15, 0.2) is 54.9 Å². The molecule has 2 aromatic heterocycles. The maximum Gasteiger partial charge on any atom is 0.207 e. The van der Waals surface area contributed by atoms with Gasteiger partial charge in [-0.15, -0.1) is 0 Å². The summed E-state index contributed by atoms with van der Waals surface area (Å²) in [6, 6.07) is 14.8. The van der Waals surface area contributed by atoms with Crippen molar-refractivity contribution in [1.82, 2.24) is 19.5 Å². The zero-order valence-electron chi connectivity index (χ0n) is 18.0. The van der Waals surface area contributed by atoms with E-state index in [1.807, 2.05) is 30.3 Å². The zero-order chi connectivity index (χ0) is 23.8. The number of aromatic hydroxyl groups is 1. The first kappa shape index (κ1) is 22.0. The molecule has 176 valence electrons. The Labute approximate surface area is 194 Å². The van der Waals surface area contributed by atoms with Gasteiger partial charge in [0.25, 0.3) is 0 Å². The molecule has 4 atom stereocenters. The van der Waals surface area contributed by atoms with Crippen LogP contribution in [0.1, 0.15) is 11.8 Å². The van der Waals surface area contributed by atoms with E-state index in [2.05, 4.69) is 20.3 Å². The van der Waals surface area contributed by atoms with Gasteiger partial charge in [0, 0.05) is 6.54 Å². The zero-order valence-corrected chi connectivity index (χ0v) is 18.0. The number of aromatic nitrogens is 4. The number of nitrogen functional groups attached to an aromatic ring is 1. The predicted octanol–water partition coefficient (Wildman–Crippen LogP) is 1.00. The lowest BCUT2D eigenvalue weighted by Gasteiger charge is -2.19. The van der Waals surface area contributed by atoms with E-state index in [1.165, 1.54) is 10.9 Å². The Morgan fingerprint density at radius 3 is 2.53 bits per heavy atom. The molecule has 34 heavy (non-hydrogen) atoms. The summed E-state index contributed by atoms with van der Waals surface area (Å²) in [5.41, 5.74) is 9.43. The largest absolute Gasteiger partial charge is 0.508 e. The summed E-state index contributed by atoms with van der Waals surface area (Å²) in [5, 5.41) is 43.2. The summed E-state index contributed by atoms with van der Waals surface area (Å²) in [5.74, 6) is 0.678. The van der Waals surface area contributed by atoms with E-state index < -0.39 is 31.1 Å². The monoisotopic (exact) mass is 464 g/mol. The Hall–Kier alpha value is -3.77. The van der Waals surface area contributed by atoms with Crippen LogP contribution in [-0.4, -0.2) is 64.9 Å². The van der Waals surface area contributed by atoms with Crippen LogP contribution in [0.3, 0.4) is 0 Å². The maximum atomic E-state index is 10.6. The Balaban J connectivity index is 1.43. The van der Waals surface area contributed by atoms with Gasteiger partial charge in [-0.2, -0.15) is 0 Å². The molecule has 7 N–H and O–H groups in total. The van der Waals surface area contributed by atoms with Crippen LogP contribution in [0.2, 0.25) is 0 Å². The summed E-state index contributed by atoms with van der Waals surface area (Å²) in [7, 11) is 0. The lowest BCUT2D eigenvalue weighted by molar-refractivity contribution is -0.0501. The minimum absolute atomic E-state index is 0.161. The number of phenols is 1. The highest BCUT2D eigenvalue weighted by Gasteiger charge is 2.45. The minimum Gasteiger partial charge on any atom is -0.508 e. The average molecular weight is 464 g/mol. The van der Waals surface area contributed by atoms with Crippen molar-refractivity contribution >= 4 is 22.9 Å². The normalized spacial score (nSPS) is 22.3. The highest BCUT2D eigenvalue weighted by Crippen LogP contribution is 2.35. The van der Waals surface area contributed by atoms with Crippen LogP contribution in [-0.2, 0) is 11.3 Å². The first-order valence-corrected chi connectivity index (χ1v) is 10.7. The highest BCUT2D eigenvalue weighted by atomic mass is 16.6. The van der Waals surface area contributed by atoms with Gasteiger partial charge in [-0.1, -0.05) is 36.4 Å². The number of ether oxygens (including phenoxy) is 1. The Kier molecular flexibility index (Phi) is 5.75. The smallest absolute Gasteiger partial charge is 0.207 e. The van der Waals surface area contributed by atoms with Crippen molar-refractivity contribution < 1.29 is 25.2 Å². The number of imidazole rings is 1. The van der Waals surface area contributed by atoms with Crippen molar-refractivity contribution in [2.24, 2.45) is 0 Å². The van der Waals surface area contributed by atoms with Gasteiger partial charge in [-0.3, -0.25) is 4.57 Å². The number of aliphatic hydroxyl groups is 3. The number of nitrogens with one attached hydrogen (secondary N) is 1. The molecule has 1 aliphatic heterocycles. The van der Waals surface area contributed by atoms with Crippen LogP contribution in [0, 0.1) is 0 Å². The van der Waals surface area contributed by atoms with E-state index in [9.17, 15) is 20.4 Å². The van der Waals surface area contributed by atoms with E-state index in [0.29, 0.717) is 23.7 Å². The van der Waals surface area contributed by atoms with E-state index in [0.717, 1.165) is 16.7 Å². The third-order valence-corrected chi connectivity index (χ3v) is 5.86. The summed E-state index contributed by atoms with van der Waals surface area (Å²) < 4.78 is 7.22. The third-order valence-electron chi connectivity index (χ3n) is 5.86. The molecule has 0 amide bonds. The van der Waals surface area contributed by atoms with E-state index in [4.69, 9.17) is 10.5 Å². The van der Waals surface area contributed by atoms with Gasteiger partial charge < -0.3 is 36.2 Å². The standard InChI is InChI=1S/C23H24N6O5/c24-20-17-21(27-11-26-20)29(22-19(33)18(32)16(10-30)34-22)23(28-17)25-9-12-4-6-13(7-5-12)14-2-1-3-15(31)8-14/h1-8,11,16,18-19,22,30-33H,9-10H2,(H,25,28)(H2,24,26,27)/t16-,18?,19?,22-/m1/s1. The van der Waals surface area contributed by atoms with Crippen molar-refractivity contribution in [3.8, 4) is 16.9 Å². The van der Waals surface area contributed by atoms with E-state index >= 15 is 0 Å². The lowest BCUT2D eigenvalue weighted by Crippen LogP contribution is -2.33. The molecular weight excluding hydrogens is 440 g/mol. The molecule has 5 rings (SSSR count). The van der Waals surface area contributed by atoms with E-state index in [-0.39, 0.29) is 11.6 Å². The molecule has 1 aliphatic rings. The SMILES string of the molecule is Nc1ncnc2c1nc(NCc1ccc(-c3cccc(O)c3)cc1)n2[C@@H]1O[C@H](CO)C(O)C1O. The average Bonchev–Trinajstić information content (AvgIpc) is 3.35. The number of benzene rings is 2. The molecule has 2 unspecified atom stereocenters. The topological polar surface area (TPSA) is 172 Å². The molecule has 0 spiro atoms. The number of hydrogen-bond donors (Lipinski definition) is 6. The molecule has 3 heterocycles. The van der Waals surface area contributed by atoms with Crippen LogP contribution in [0.5, 0.6) is 5.75 Å². The number of nitrogens with two attached hydrogens (primary N) is 1. The molecule has 4 aromatic rings. The van der Waals surface area contributed by atoms with Gasteiger partial charge >= 0.3 is 0 Å². The van der Waals surface area contributed by atoms with Crippen LogP contribution >= 0.6 is 0 Å². The van der Waals surface area contributed by atoms with Crippen molar-refractivity contribution in [2.45, 2.75) is 31.1 Å². The molecule has 11 nitrogen and oxygen atoms in total. The van der Waals surface area contributed by atoms with Gasteiger partial charge in [-0.25, -0.2) is 15.0 Å². The molecular formula is C23H24N6O5. The van der Waals surface area contributed by atoms with Gasteiger partial charge in [0.1, 0.15) is 30.4 Å². The second-order valence-corrected chi connectivity index (χ2v) is 8.07. The van der Waals surface area contributed by atoms with Gasteiger partial charge in [0.2, 0.25) is 5.95 Å². The first-order chi connectivity index (χ1) is 16.5. The number of aliphatic hydroxyl groups excluding tert-OH is 3. The predicted molar refractivity (Wildman–Crippen MR) is 124 cm³/mol. The maximum absolute atomic E-state index is 10.6. The van der Waals surface area contributed by atoms with E-state index in [1.54, 1.807) is 18.2 Å². The lowest BCUT2D eigenvalue weighted by atomic mass is 10.0. The molecule has 0 aliphatic carbocycles. The molecule has 1 fully saturated rings. The summed E-state index contributed by atoms with van der Waals surface area (Å²) in [6.07, 6.45) is -3.30. The molecule has 0 saturated carbocycles. The van der Waals surface area contributed by atoms with Crippen LogP contribution < -0.4 is 11.1 Å².